The van der Waals surface area contributed by atoms with Crippen molar-refractivity contribution in [3.8, 4) is 0 Å². The highest BCUT2D eigenvalue weighted by Crippen LogP contribution is 2.27. The van der Waals surface area contributed by atoms with Gasteiger partial charge in [0.15, 0.2) is 9.84 Å². The minimum Gasteiger partial charge on any atom is -0.465 e. The SMILES string of the molecule is COC(=O)c1cc(C(=O)Nc2cc(C)nn2C2CCS(=O)(=O)C2)cc([N+](=O)[O-])c1. The average Bonchev–Trinajstić information content (AvgIpc) is 3.21. The van der Waals surface area contributed by atoms with Crippen molar-refractivity contribution in [3.05, 3.63) is 51.2 Å². The van der Waals surface area contributed by atoms with Gasteiger partial charge in [-0.2, -0.15) is 5.10 Å². The molecule has 1 aliphatic rings. The standard InChI is InChI=1S/C17H18N4O7S/c1-10-5-15(20(19-10)13-3-4-29(26,27)9-13)18-16(22)11-6-12(17(23)28-2)8-14(7-11)21(24)25/h5-8,13H,3-4,9H2,1-2H3,(H,18,22). The van der Waals surface area contributed by atoms with Gasteiger partial charge < -0.3 is 10.1 Å². The Balaban J connectivity index is 1.92. The molecule has 1 aromatic carbocycles. The molecule has 1 saturated heterocycles. The van der Waals surface area contributed by atoms with Crippen LogP contribution in [-0.4, -0.2) is 53.6 Å². The van der Waals surface area contributed by atoms with Crippen molar-refractivity contribution in [3.63, 3.8) is 0 Å². The summed E-state index contributed by atoms with van der Waals surface area (Å²) in [5.41, 5.74) is -0.133. The molecule has 2 aromatic rings. The van der Waals surface area contributed by atoms with Crippen LogP contribution in [-0.2, 0) is 14.6 Å². The monoisotopic (exact) mass is 422 g/mol. The second-order valence-corrected chi connectivity index (χ2v) is 8.87. The zero-order chi connectivity index (χ0) is 21.3. The van der Waals surface area contributed by atoms with Crippen LogP contribution in [0.4, 0.5) is 11.5 Å². The number of carbonyl (C=O) groups is 2. The molecule has 1 fully saturated rings. The molecule has 1 aromatic heterocycles. The third-order valence-corrected chi connectivity index (χ3v) is 6.22. The van der Waals surface area contributed by atoms with Gasteiger partial charge >= 0.3 is 5.97 Å². The van der Waals surface area contributed by atoms with Crippen LogP contribution in [0, 0.1) is 17.0 Å². The number of nitrogens with one attached hydrogen (secondary N) is 1. The van der Waals surface area contributed by atoms with Crippen LogP contribution in [0.2, 0.25) is 0 Å². The molecule has 2 heterocycles. The van der Waals surface area contributed by atoms with Crippen LogP contribution in [0.5, 0.6) is 0 Å². The Morgan fingerprint density at radius 3 is 2.55 bits per heavy atom. The number of methoxy groups -OCH3 is 1. The van der Waals surface area contributed by atoms with Crippen molar-refractivity contribution in [2.45, 2.75) is 19.4 Å². The molecular weight excluding hydrogens is 404 g/mol. The predicted molar refractivity (Wildman–Crippen MR) is 102 cm³/mol. The third-order valence-electron chi connectivity index (χ3n) is 4.47. The number of nitro benzene ring substituents is 1. The summed E-state index contributed by atoms with van der Waals surface area (Å²) in [4.78, 5) is 34.9. The molecule has 0 saturated carbocycles. The Morgan fingerprint density at radius 2 is 1.97 bits per heavy atom. The highest BCUT2D eigenvalue weighted by molar-refractivity contribution is 7.91. The van der Waals surface area contributed by atoms with Crippen LogP contribution >= 0.6 is 0 Å². The first kappa shape index (κ1) is 20.5. The molecule has 29 heavy (non-hydrogen) atoms. The maximum atomic E-state index is 12.7. The van der Waals surface area contributed by atoms with E-state index in [1.807, 2.05) is 0 Å². The minimum atomic E-state index is -3.16. The van der Waals surface area contributed by atoms with E-state index in [2.05, 4.69) is 15.2 Å². The summed E-state index contributed by atoms with van der Waals surface area (Å²) < 4.78 is 29.6. The number of hydrogen-bond acceptors (Lipinski definition) is 8. The van der Waals surface area contributed by atoms with E-state index in [9.17, 15) is 28.1 Å². The number of amides is 1. The van der Waals surface area contributed by atoms with Crippen LogP contribution < -0.4 is 5.32 Å². The molecule has 1 amide bonds. The van der Waals surface area contributed by atoms with Gasteiger partial charge in [0, 0.05) is 23.8 Å². The van der Waals surface area contributed by atoms with E-state index in [1.54, 1.807) is 13.0 Å². The molecule has 0 radical (unpaired) electrons. The Labute approximate surface area is 165 Å². The summed E-state index contributed by atoms with van der Waals surface area (Å²) in [5, 5.41) is 18.0. The second-order valence-electron chi connectivity index (χ2n) is 6.64. The maximum absolute atomic E-state index is 12.7. The van der Waals surface area contributed by atoms with E-state index in [0.717, 1.165) is 19.2 Å². The Morgan fingerprint density at radius 1 is 1.28 bits per heavy atom. The number of nitro groups is 1. The zero-order valence-electron chi connectivity index (χ0n) is 15.6. The summed E-state index contributed by atoms with van der Waals surface area (Å²) in [6, 6.07) is 4.39. The number of aromatic nitrogens is 2. The largest absolute Gasteiger partial charge is 0.465 e. The van der Waals surface area contributed by atoms with Gasteiger partial charge in [-0.3, -0.25) is 14.9 Å². The summed E-state index contributed by atoms with van der Waals surface area (Å²) in [6.07, 6.45) is 0.371. The van der Waals surface area contributed by atoms with Gasteiger partial charge in [-0.25, -0.2) is 17.9 Å². The number of ether oxygens (including phenoxy) is 1. The number of esters is 1. The number of rotatable bonds is 5. The molecule has 12 heteroatoms. The smallest absolute Gasteiger partial charge is 0.338 e. The highest BCUT2D eigenvalue weighted by atomic mass is 32.2. The van der Waals surface area contributed by atoms with Crippen LogP contribution in [0.3, 0.4) is 0 Å². The summed E-state index contributed by atoms with van der Waals surface area (Å²) in [5.74, 6) is -1.31. The Kier molecular flexibility index (Phi) is 5.38. The molecule has 1 atom stereocenters. The van der Waals surface area contributed by atoms with E-state index >= 15 is 0 Å². The number of carbonyl (C=O) groups excluding carboxylic acids is 2. The summed E-state index contributed by atoms with van der Waals surface area (Å²) in [6.45, 7) is 1.69. The molecule has 1 aliphatic heterocycles. The van der Waals surface area contributed by atoms with E-state index in [0.29, 0.717) is 12.1 Å². The lowest BCUT2D eigenvalue weighted by atomic mass is 10.1. The van der Waals surface area contributed by atoms with Crippen LogP contribution in [0.25, 0.3) is 0 Å². The fourth-order valence-corrected chi connectivity index (χ4v) is 4.82. The fraction of sp³-hybridized carbons (Fsp3) is 0.353. The quantitative estimate of drug-likeness (QED) is 0.432. The van der Waals surface area contributed by atoms with Crippen molar-refractivity contribution in [2.75, 3.05) is 23.9 Å². The Bertz CT molecular complexity index is 1110. The normalized spacial score (nSPS) is 17.7. The van der Waals surface area contributed by atoms with E-state index in [1.165, 1.54) is 10.7 Å². The van der Waals surface area contributed by atoms with Gasteiger partial charge in [-0.1, -0.05) is 0 Å². The topological polar surface area (TPSA) is 150 Å². The average molecular weight is 422 g/mol. The zero-order valence-corrected chi connectivity index (χ0v) is 16.4. The molecule has 11 nitrogen and oxygen atoms in total. The third kappa shape index (κ3) is 4.42. The van der Waals surface area contributed by atoms with E-state index in [4.69, 9.17) is 0 Å². The summed E-state index contributed by atoms with van der Waals surface area (Å²) in [7, 11) is -2.04. The number of non-ortho nitro benzene ring substituents is 1. The molecule has 1 unspecified atom stereocenters. The first-order chi connectivity index (χ1) is 13.6. The van der Waals surface area contributed by atoms with Gasteiger partial charge in [0.05, 0.1) is 40.8 Å². The first-order valence-electron chi connectivity index (χ1n) is 8.55. The molecule has 0 spiro atoms. The van der Waals surface area contributed by atoms with E-state index in [-0.39, 0.29) is 28.5 Å². The first-order valence-corrected chi connectivity index (χ1v) is 10.4. The molecule has 0 aliphatic carbocycles. The number of aryl methyl sites for hydroxylation is 1. The van der Waals surface area contributed by atoms with Gasteiger partial charge in [0.1, 0.15) is 5.82 Å². The minimum absolute atomic E-state index is 0.0390. The molecule has 154 valence electrons. The lowest BCUT2D eigenvalue weighted by Crippen LogP contribution is -2.20. The number of sulfone groups is 1. The lowest BCUT2D eigenvalue weighted by molar-refractivity contribution is -0.384. The van der Waals surface area contributed by atoms with Crippen molar-refractivity contribution < 1.29 is 27.7 Å². The van der Waals surface area contributed by atoms with Crippen molar-refractivity contribution in [2.24, 2.45) is 0 Å². The maximum Gasteiger partial charge on any atom is 0.338 e. The van der Waals surface area contributed by atoms with Gasteiger partial charge in [-0.05, 0) is 19.4 Å². The molecular formula is C17H18N4O7S. The van der Waals surface area contributed by atoms with Crippen molar-refractivity contribution in [1.29, 1.82) is 0 Å². The van der Waals surface area contributed by atoms with Gasteiger partial charge in [0.2, 0.25) is 0 Å². The van der Waals surface area contributed by atoms with Crippen molar-refractivity contribution >= 4 is 33.2 Å². The Hall–Kier alpha value is -3.28. The highest BCUT2D eigenvalue weighted by Gasteiger charge is 2.31. The summed E-state index contributed by atoms with van der Waals surface area (Å²) >= 11 is 0. The van der Waals surface area contributed by atoms with Crippen LogP contribution in [0.1, 0.15) is 38.9 Å². The number of nitrogens with zero attached hydrogens (tertiary/aromatic N) is 3. The van der Waals surface area contributed by atoms with Gasteiger partial charge in [-0.15, -0.1) is 0 Å². The predicted octanol–water partition coefficient (Wildman–Crippen LogP) is 1.50. The lowest BCUT2D eigenvalue weighted by Gasteiger charge is -2.14. The molecule has 1 N–H and O–H groups in total. The van der Waals surface area contributed by atoms with Crippen LogP contribution in [0.15, 0.2) is 24.3 Å². The molecule has 3 rings (SSSR count). The van der Waals surface area contributed by atoms with Crippen molar-refractivity contribution in [1.82, 2.24) is 9.78 Å². The molecule has 0 bridgehead atoms. The fourth-order valence-electron chi connectivity index (χ4n) is 3.13. The second kappa shape index (κ2) is 7.62. The van der Waals surface area contributed by atoms with Gasteiger partial charge in [0.25, 0.3) is 11.6 Å². The number of benzene rings is 1. The number of anilines is 1. The number of hydrogen-bond donors (Lipinski definition) is 1. The van der Waals surface area contributed by atoms with E-state index < -0.39 is 38.4 Å².